The van der Waals surface area contributed by atoms with Crippen LogP contribution < -0.4 is 4.74 Å². The molecule has 0 fully saturated rings. The monoisotopic (exact) mass is 312 g/mol. The van der Waals surface area contributed by atoms with Crippen molar-refractivity contribution in [3.63, 3.8) is 0 Å². The Kier molecular flexibility index (Phi) is 4.25. The lowest BCUT2D eigenvalue weighted by atomic mass is 9.98. The van der Waals surface area contributed by atoms with Crippen molar-refractivity contribution in [2.75, 3.05) is 12.4 Å². The summed E-state index contributed by atoms with van der Waals surface area (Å²) in [6, 6.07) is 13.7. The molecule has 20 heavy (non-hydrogen) atoms. The van der Waals surface area contributed by atoms with E-state index in [0.29, 0.717) is 0 Å². The highest BCUT2D eigenvalue weighted by molar-refractivity contribution is 8.13. The summed E-state index contributed by atoms with van der Waals surface area (Å²) in [4.78, 5) is 0. The van der Waals surface area contributed by atoms with E-state index in [9.17, 15) is 8.42 Å². The van der Waals surface area contributed by atoms with Gasteiger partial charge in [0.25, 0.3) is 0 Å². The van der Waals surface area contributed by atoms with Gasteiger partial charge < -0.3 is 4.74 Å². The van der Waals surface area contributed by atoms with Crippen LogP contribution in [-0.2, 0) is 9.05 Å². The largest absolute Gasteiger partial charge is 0.492 e. The first kappa shape index (κ1) is 15.1. The summed E-state index contributed by atoms with van der Waals surface area (Å²) in [7, 11) is 1.77. The van der Waals surface area contributed by atoms with Crippen LogP contribution >= 0.6 is 10.7 Å². The van der Waals surface area contributed by atoms with Crippen LogP contribution in [-0.4, -0.2) is 20.8 Å². The van der Waals surface area contributed by atoms with E-state index in [1.165, 1.54) is 0 Å². The molecule has 2 aromatic carbocycles. The fraction of sp³-hybridized carbons (Fsp3) is 0.333. The molecule has 0 saturated carbocycles. The Labute approximate surface area is 123 Å². The zero-order chi connectivity index (χ0) is 14.8. The molecular formula is C15H17ClO3S. The normalized spacial score (nSPS) is 12.6. The van der Waals surface area contributed by atoms with Gasteiger partial charge in [0.1, 0.15) is 5.75 Å². The summed E-state index contributed by atoms with van der Waals surface area (Å²) in [6.07, 6.45) is 0. The second-order valence-electron chi connectivity index (χ2n) is 5.61. The molecule has 0 aliphatic carbocycles. The lowest BCUT2D eigenvalue weighted by Gasteiger charge is -2.23. The Hall–Kier alpha value is -1.26. The molecule has 0 N–H and O–H groups in total. The van der Waals surface area contributed by atoms with E-state index in [4.69, 9.17) is 15.4 Å². The quantitative estimate of drug-likeness (QED) is 0.788. The molecule has 2 rings (SSSR count). The molecule has 0 heterocycles. The molecule has 0 bridgehead atoms. The van der Waals surface area contributed by atoms with E-state index in [1.807, 2.05) is 56.3 Å². The molecule has 0 spiro atoms. The molecule has 0 unspecified atom stereocenters. The van der Waals surface area contributed by atoms with Crippen molar-refractivity contribution < 1.29 is 13.2 Å². The Morgan fingerprint density at radius 2 is 1.75 bits per heavy atom. The SMILES string of the molecule is CC(C)(COc1cccc2ccccc12)CS(=O)(=O)Cl. The summed E-state index contributed by atoms with van der Waals surface area (Å²) >= 11 is 0. The number of hydrogen-bond acceptors (Lipinski definition) is 3. The Morgan fingerprint density at radius 3 is 2.45 bits per heavy atom. The van der Waals surface area contributed by atoms with Gasteiger partial charge in [-0.2, -0.15) is 0 Å². The van der Waals surface area contributed by atoms with Crippen LogP contribution in [0.2, 0.25) is 0 Å². The molecule has 108 valence electrons. The molecule has 0 radical (unpaired) electrons. The highest BCUT2D eigenvalue weighted by Crippen LogP contribution is 2.28. The van der Waals surface area contributed by atoms with Gasteiger partial charge in [-0.3, -0.25) is 0 Å². The predicted molar refractivity (Wildman–Crippen MR) is 82.9 cm³/mol. The van der Waals surface area contributed by atoms with Crippen molar-refractivity contribution in [3.8, 4) is 5.75 Å². The average Bonchev–Trinajstić information content (AvgIpc) is 2.33. The van der Waals surface area contributed by atoms with E-state index in [1.54, 1.807) is 0 Å². The Bertz CT molecular complexity index is 703. The second kappa shape index (κ2) is 5.62. The van der Waals surface area contributed by atoms with E-state index in [-0.39, 0.29) is 12.4 Å². The highest BCUT2D eigenvalue weighted by Gasteiger charge is 2.26. The standard InChI is InChI=1S/C15H17ClO3S/c1-15(2,11-20(16,17)18)10-19-14-9-5-7-12-6-3-4-8-13(12)14/h3-9H,10-11H2,1-2H3. The molecule has 0 saturated heterocycles. The van der Waals surface area contributed by atoms with E-state index in [2.05, 4.69) is 0 Å². The van der Waals surface area contributed by atoms with Crippen LogP contribution in [0.5, 0.6) is 5.75 Å². The molecule has 3 nitrogen and oxygen atoms in total. The molecule has 0 amide bonds. The van der Waals surface area contributed by atoms with Crippen LogP contribution in [0.3, 0.4) is 0 Å². The predicted octanol–water partition coefficient (Wildman–Crippen LogP) is 3.81. The summed E-state index contributed by atoms with van der Waals surface area (Å²) < 4.78 is 28.2. The Morgan fingerprint density at radius 1 is 1.10 bits per heavy atom. The highest BCUT2D eigenvalue weighted by atomic mass is 35.7. The average molecular weight is 313 g/mol. The zero-order valence-corrected chi connectivity index (χ0v) is 13.0. The van der Waals surface area contributed by atoms with Gasteiger partial charge in [0, 0.05) is 21.5 Å². The van der Waals surface area contributed by atoms with Gasteiger partial charge in [-0.15, -0.1) is 0 Å². The first-order valence-corrected chi connectivity index (χ1v) is 8.78. The number of ether oxygens (including phenoxy) is 1. The van der Waals surface area contributed by atoms with Gasteiger partial charge in [-0.1, -0.05) is 50.2 Å². The third kappa shape index (κ3) is 4.12. The maximum atomic E-state index is 11.2. The maximum absolute atomic E-state index is 11.2. The lowest BCUT2D eigenvalue weighted by Crippen LogP contribution is -2.28. The van der Waals surface area contributed by atoms with Gasteiger partial charge in [-0.05, 0) is 11.5 Å². The smallest absolute Gasteiger partial charge is 0.233 e. The number of fused-ring (bicyclic) bond motifs is 1. The van der Waals surface area contributed by atoms with Gasteiger partial charge in [0.2, 0.25) is 9.05 Å². The topological polar surface area (TPSA) is 43.4 Å². The fourth-order valence-electron chi connectivity index (χ4n) is 2.10. The minimum atomic E-state index is -3.54. The third-order valence-corrected chi connectivity index (χ3v) is 4.38. The van der Waals surface area contributed by atoms with Crippen LogP contribution in [0.15, 0.2) is 42.5 Å². The van der Waals surface area contributed by atoms with Gasteiger partial charge in [0.05, 0.1) is 12.4 Å². The van der Waals surface area contributed by atoms with Crippen molar-refractivity contribution in [2.24, 2.45) is 5.41 Å². The van der Waals surface area contributed by atoms with Crippen molar-refractivity contribution >= 4 is 30.5 Å². The number of hydrogen-bond donors (Lipinski definition) is 0. The maximum Gasteiger partial charge on any atom is 0.233 e. The Balaban J connectivity index is 2.17. The number of benzene rings is 2. The third-order valence-electron chi connectivity index (χ3n) is 2.93. The number of halogens is 1. The van der Waals surface area contributed by atoms with Crippen molar-refractivity contribution in [3.05, 3.63) is 42.5 Å². The van der Waals surface area contributed by atoms with Crippen LogP contribution in [0.25, 0.3) is 10.8 Å². The first-order valence-electron chi connectivity index (χ1n) is 6.30. The second-order valence-corrected chi connectivity index (χ2v) is 8.39. The van der Waals surface area contributed by atoms with Crippen molar-refractivity contribution in [2.45, 2.75) is 13.8 Å². The molecular weight excluding hydrogens is 296 g/mol. The number of rotatable bonds is 5. The molecule has 0 aliphatic rings. The van der Waals surface area contributed by atoms with Crippen LogP contribution in [0.4, 0.5) is 0 Å². The molecule has 5 heteroatoms. The van der Waals surface area contributed by atoms with Gasteiger partial charge in [-0.25, -0.2) is 8.42 Å². The van der Waals surface area contributed by atoms with E-state index < -0.39 is 14.5 Å². The van der Waals surface area contributed by atoms with Crippen molar-refractivity contribution in [1.29, 1.82) is 0 Å². The van der Waals surface area contributed by atoms with Gasteiger partial charge >= 0.3 is 0 Å². The minimum Gasteiger partial charge on any atom is -0.492 e. The summed E-state index contributed by atoms with van der Waals surface area (Å²) in [5.74, 6) is 0.634. The zero-order valence-electron chi connectivity index (χ0n) is 11.5. The summed E-state index contributed by atoms with van der Waals surface area (Å²) in [6.45, 7) is 3.92. The van der Waals surface area contributed by atoms with Gasteiger partial charge in [0.15, 0.2) is 0 Å². The lowest BCUT2D eigenvalue weighted by molar-refractivity contribution is 0.202. The molecule has 2 aromatic rings. The first-order chi connectivity index (χ1) is 9.27. The van der Waals surface area contributed by atoms with Crippen LogP contribution in [0.1, 0.15) is 13.8 Å². The van der Waals surface area contributed by atoms with Crippen LogP contribution in [0, 0.1) is 5.41 Å². The fourth-order valence-corrected chi connectivity index (χ4v) is 4.01. The summed E-state index contributed by atoms with van der Waals surface area (Å²) in [5.41, 5.74) is -0.544. The molecule has 0 aromatic heterocycles. The minimum absolute atomic E-state index is 0.119. The molecule has 0 atom stereocenters. The van der Waals surface area contributed by atoms with Crippen molar-refractivity contribution in [1.82, 2.24) is 0 Å². The van der Waals surface area contributed by atoms with E-state index in [0.717, 1.165) is 16.5 Å². The molecule has 0 aliphatic heterocycles. The van der Waals surface area contributed by atoms with E-state index >= 15 is 0 Å². The summed E-state index contributed by atoms with van der Waals surface area (Å²) in [5, 5.41) is 2.10.